The van der Waals surface area contributed by atoms with Gasteiger partial charge in [0, 0.05) is 24.6 Å². The van der Waals surface area contributed by atoms with Crippen molar-refractivity contribution in [3.8, 4) is 17.5 Å². The number of aryl methyl sites for hydroxylation is 1. The van der Waals surface area contributed by atoms with E-state index in [0.717, 1.165) is 34.1 Å². The van der Waals surface area contributed by atoms with Crippen molar-refractivity contribution in [2.24, 2.45) is 0 Å². The summed E-state index contributed by atoms with van der Waals surface area (Å²) in [6.07, 6.45) is 6.98. The number of H-pyrrole nitrogens is 1. The summed E-state index contributed by atoms with van der Waals surface area (Å²) in [5.74, 6) is 0.858. The minimum absolute atomic E-state index is 0.609. The van der Waals surface area contributed by atoms with Gasteiger partial charge in [-0.1, -0.05) is 12.1 Å². The molecule has 0 unspecified atom stereocenters. The second-order valence-corrected chi connectivity index (χ2v) is 5.65. The lowest BCUT2D eigenvalue weighted by Gasteiger charge is -2.08. The van der Waals surface area contributed by atoms with Gasteiger partial charge in [0.1, 0.15) is 17.2 Å². The monoisotopic (exact) mass is 329 g/mol. The number of nitrogens with one attached hydrogen (secondary N) is 2. The van der Waals surface area contributed by atoms with Crippen molar-refractivity contribution < 1.29 is 0 Å². The highest BCUT2D eigenvalue weighted by atomic mass is 15.1. The summed E-state index contributed by atoms with van der Waals surface area (Å²) in [5.41, 5.74) is 5.02. The number of aromatic amines is 1. The lowest BCUT2D eigenvalue weighted by molar-refractivity contribution is 1.07. The van der Waals surface area contributed by atoms with Gasteiger partial charge in [0.15, 0.2) is 5.65 Å². The maximum absolute atomic E-state index is 8.90. The Kier molecular flexibility index (Phi) is 3.63. The van der Waals surface area contributed by atoms with E-state index in [2.05, 4.69) is 31.3 Å². The minimum Gasteiger partial charge on any atom is -0.365 e. The lowest BCUT2D eigenvalue weighted by Crippen LogP contribution is -2.04. The first-order valence-corrected chi connectivity index (χ1v) is 7.81. The smallest absolute Gasteiger partial charge is 0.157 e. The molecule has 0 aliphatic rings. The van der Waals surface area contributed by atoms with Crippen molar-refractivity contribution >= 4 is 11.5 Å². The van der Waals surface area contributed by atoms with Gasteiger partial charge in [0.25, 0.3) is 0 Å². The number of aromatic nitrogens is 5. The second-order valence-electron chi connectivity index (χ2n) is 5.65. The van der Waals surface area contributed by atoms with Gasteiger partial charge in [-0.05, 0) is 24.6 Å². The lowest BCUT2D eigenvalue weighted by atomic mass is 10.1. The van der Waals surface area contributed by atoms with Crippen molar-refractivity contribution in [3.05, 3.63) is 66.0 Å². The molecule has 0 fully saturated rings. The molecule has 7 nitrogen and oxygen atoms in total. The summed E-state index contributed by atoms with van der Waals surface area (Å²) in [6, 6.07) is 9.64. The number of fused-ring (bicyclic) bond motifs is 1. The van der Waals surface area contributed by atoms with Gasteiger partial charge in [-0.25, -0.2) is 9.97 Å². The van der Waals surface area contributed by atoms with Gasteiger partial charge < -0.3 is 10.3 Å². The van der Waals surface area contributed by atoms with Crippen molar-refractivity contribution in [2.45, 2.75) is 13.5 Å². The van der Waals surface area contributed by atoms with Crippen LogP contribution >= 0.6 is 0 Å². The van der Waals surface area contributed by atoms with Crippen LogP contribution in [0.4, 0.5) is 5.82 Å². The Hall–Kier alpha value is -3.66. The van der Waals surface area contributed by atoms with Gasteiger partial charge in [-0.3, -0.25) is 9.38 Å². The van der Waals surface area contributed by atoms with Crippen LogP contribution in [0.25, 0.3) is 17.0 Å². The molecule has 0 saturated heterocycles. The van der Waals surface area contributed by atoms with E-state index in [-0.39, 0.29) is 0 Å². The summed E-state index contributed by atoms with van der Waals surface area (Å²) >= 11 is 0. The van der Waals surface area contributed by atoms with Gasteiger partial charge in [-0.2, -0.15) is 5.26 Å². The predicted molar refractivity (Wildman–Crippen MR) is 93.8 cm³/mol. The van der Waals surface area contributed by atoms with Crippen LogP contribution < -0.4 is 5.32 Å². The van der Waals surface area contributed by atoms with Crippen LogP contribution in [-0.2, 0) is 6.54 Å². The molecule has 2 N–H and O–H groups in total. The number of hydrogen-bond acceptors (Lipinski definition) is 5. The third-order valence-electron chi connectivity index (χ3n) is 4.03. The van der Waals surface area contributed by atoms with Crippen molar-refractivity contribution in [3.63, 3.8) is 0 Å². The van der Waals surface area contributed by atoms with Crippen molar-refractivity contribution in [1.29, 1.82) is 5.26 Å². The Morgan fingerprint density at radius 1 is 1.24 bits per heavy atom. The predicted octanol–water partition coefficient (Wildman–Crippen LogP) is 2.91. The van der Waals surface area contributed by atoms with E-state index < -0.39 is 0 Å². The average Bonchev–Trinajstić information content (AvgIpc) is 3.23. The molecule has 0 radical (unpaired) electrons. The highest BCUT2D eigenvalue weighted by Crippen LogP contribution is 2.29. The van der Waals surface area contributed by atoms with Crippen LogP contribution in [0.1, 0.15) is 16.8 Å². The number of rotatable bonds is 4. The topological polar surface area (TPSA) is 94.7 Å². The van der Waals surface area contributed by atoms with E-state index >= 15 is 0 Å². The van der Waals surface area contributed by atoms with Crippen molar-refractivity contribution in [2.75, 3.05) is 5.32 Å². The van der Waals surface area contributed by atoms with E-state index in [1.165, 1.54) is 0 Å². The van der Waals surface area contributed by atoms with Gasteiger partial charge in [0.2, 0.25) is 0 Å². The fourth-order valence-corrected chi connectivity index (χ4v) is 2.72. The van der Waals surface area contributed by atoms with Crippen LogP contribution in [0.3, 0.4) is 0 Å². The second kappa shape index (κ2) is 6.09. The summed E-state index contributed by atoms with van der Waals surface area (Å²) in [4.78, 5) is 16.3. The summed E-state index contributed by atoms with van der Waals surface area (Å²) < 4.78 is 1.96. The molecule has 122 valence electrons. The molecule has 3 heterocycles. The molecule has 0 bridgehead atoms. The molecular weight excluding hydrogens is 314 g/mol. The van der Waals surface area contributed by atoms with Gasteiger partial charge >= 0.3 is 0 Å². The third-order valence-corrected chi connectivity index (χ3v) is 4.03. The highest BCUT2D eigenvalue weighted by Gasteiger charge is 2.17. The maximum atomic E-state index is 8.90. The van der Waals surface area contributed by atoms with Crippen molar-refractivity contribution in [1.82, 2.24) is 24.3 Å². The minimum atomic E-state index is 0.609. The SMILES string of the molecule is Cc1[nH]cnc1-c1nc2cnccn2c1NCc1ccc(C#N)cc1. The number of hydrogen-bond donors (Lipinski definition) is 2. The molecular formula is C18H15N7. The zero-order valence-corrected chi connectivity index (χ0v) is 13.6. The molecule has 0 aliphatic heterocycles. The summed E-state index contributed by atoms with van der Waals surface area (Å²) in [7, 11) is 0. The van der Waals surface area contributed by atoms with Crippen LogP contribution in [-0.4, -0.2) is 24.3 Å². The maximum Gasteiger partial charge on any atom is 0.157 e. The van der Waals surface area contributed by atoms with E-state index in [0.29, 0.717) is 12.1 Å². The molecule has 25 heavy (non-hydrogen) atoms. The largest absolute Gasteiger partial charge is 0.365 e. The Balaban J connectivity index is 1.72. The van der Waals surface area contributed by atoms with Crippen LogP contribution in [0.5, 0.6) is 0 Å². The Bertz CT molecular complexity index is 1070. The van der Waals surface area contributed by atoms with Gasteiger partial charge in [-0.15, -0.1) is 0 Å². The zero-order valence-electron chi connectivity index (χ0n) is 13.6. The molecule has 0 aliphatic carbocycles. The Labute approximate surface area is 144 Å². The molecule has 0 amide bonds. The normalized spacial score (nSPS) is 10.7. The fourth-order valence-electron chi connectivity index (χ4n) is 2.72. The number of anilines is 1. The molecule has 3 aromatic heterocycles. The number of nitrogens with zero attached hydrogens (tertiary/aromatic N) is 5. The molecule has 0 atom stereocenters. The first-order chi connectivity index (χ1) is 12.3. The number of benzene rings is 1. The van der Waals surface area contributed by atoms with Crippen LogP contribution in [0.15, 0.2) is 49.2 Å². The quantitative estimate of drug-likeness (QED) is 0.600. The number of nitriles is 1. The van der Waals surface area contributed by atoms with E-state index in [1.807, 2.05) is 41.8 Å². The molecule has 4 rings (SSSR count). The van der Waals surface area contributed by atoms with E-state index in [1.54, 1.807) is 18.7 Å². The Morgan fingerprint density at radius 2 is 2.08 bits per heavy atom. The van der Waals surface area contributed by atoms with E-state index in [9.17, 15) is 0 Å². The molecule has 7 heteroatoms. The van der Waals surface area contributed by atoms with Crippen LogP contribution in [0, 0.1) is 18.3 Å². The first-order valence-electron chi connectivity index (χ1n) is 7.81. The van der Waals surface area contributed by atoms with Crippen LogP contribution in [0.2, 0.25) is 0 Å². The standard InChI is InChI=1S/C18H15N7/c1-12-16(23-11-22-12)17-18(25-7-6-20-10-15(25)24-17)21-9-14-4-2-13(8-19)3-5-14/h2-7,10-11,21H,9H2,1H3,(H,22,23). The first kappa shape index (κ1) is 14.9. The van der Waals surface area contributed by atoms with E-state index in [4.69, 9.17) is 5.26 Å². The highest BCUT2D eigenvalue weighted by molar-refractivity contribution is 5.75. The molecule has 0 saturated carbocycles. The van der Waals surface area contributed by atoms with Gasteiger partial charge in [0.05, 0.1) is 24.2 Å². The summed E-state index contributed by atoms with van der Waals surface area (Å²) in [6.45, 7) is 2.58. The molecule has 4 aromatic rings. The fraction of sp³-hybridized carbons (Fsp3) is 0.111. The molecule has 0 spiro atoms. The summed E-state index contributed by atoms with van der Waals surface area (Å²) in [5, 5.41) is 12.3. The third kappa shape index (κ3) is 2.70. The molecule has 1 aromatic carbocycles. The average molecular weight is 329 g/mol. The Morgan fingerprint density at radius 3 is 2.80 bits per heavy atom. The number of imidazole rings is 2. The zero-order chi connectivity index (χ0) is 17.2.